The number of piperidine rings is 1. The zero-order valence-electron chi connectivity index (χ0n) is 19.4. The second-order valence-corrected chi connectivity index (χ2v) is 10.00. The van der Waals surface area contributed by atoms with Crippen molar-refractivity contribution in [2.24, 2.45) is 0 Å². The summed E-state index contributed by atoms with van der Waals surface area (Å²) in [6, 6.07) is 9.60. The lowest BCUT2D eigenvalue weighted by Crippen LogP contribution is -2.49. The van der Waals surface area contributed by atoms with Gasteiger partial charge in [-0.3, -0.25) is 0 Å². The van der Waals surface area contributed by atoms with Gasteiger partial charge in [0.05, 0.1) is 11.8 Å². The van der Waals surface area contributed by atoms with Crippen molar-refractivity contribution in [3.8, 4) is 39.9 Å². The molecule has 0 amide bonds. The van der Waals surface area contributed by atoms with Crippen LogP contribution in [0.1, 0.15) is 38.5 Å². The maximum Gasteiger partial charge on any atom is 0.257 e. The van der Waals surface area contributed by atoms with Crippen LogP contribution in [0, 0.1) is 0 Å². The van der Waals surface area contributed by atoms with E-state index in [-0.39, 0.29) is 5.75 Å². The molecule has 4 aliphatic rings. The lowest BCUT2D eigenvalue weighted by Gasteiger charge is -2.38. The van der Waals surface area contributed by atoms with Gasteiger partial charge in [0.15, 0.2) is 17.4 Å². The van der Waals surface area contributed by atoms with E-state index in [1.807, 2.05) is 24.4 Å². The highest BCUT2D eigenvalue weighted by Crippen LogP contribution is 2.39. The Labute approximate surface area is 203 Å². The van der Waals surface area contributed by atoms with Gasteiger partial charge in [0.2, 0.25) is 0 Å². The second-order valence-electron chi connectivity index (χ2n) is 10.00. The van der Waals surface area contributed by atoms with E-state index < -0.39 is 0 Å². The topological polar surface area (TPSA) is 106 Å². The Morgan fingerprint density at radius 2 is 1.69 bits per heavy atom. The molecule has 7 rings (SSSR count). The van der Waals surface area contributed by atoms with E-state index in [0.29, 0.717) is 60.4 Å². The van der Waals surface area contributed by atoms with Gasteiger partial charge in [0, 0.05) is 35.9 Å². The molecule has 2 bridgehead atoms. The van der Waals surface area contributed by atoms with Crippen LogP contribution in [0.15, 0.2) is 36.7 Å². The number of aromatic hydroxyl groups is 1. The van der Waals surface area contributed by atoms with Crippen molar-refractivity contribution >= 4 is 5.82 Å². The van der Waals surface area contributed by atoms with Gasteiger partial charge < -0.3 is 24.8 Å². The molecular weight excluding hydrogens is 444 g/mol. The molecule has 180 valence electrons. The van der Waals surface area contributed by atoms with Crippen molar-refractivity contribution in [3.05, 3.63) is 36.7 Å². The minimum absolute atomic E-state index is 0.0981. The summed E-state index contributed by atoms with van der Waals surface area (Å²) in [6.07, 6.45) is 10.8. The Morgan fingerprint density at radius 3 is 2.43 bits per heavy atom. The maximum atomic E-state index is 10.8. The molecule has 0 unspecified atom stereocenters. The summed E-state index contributed by atoms with van der Waals surface area (Å²) in [4.78, 5) is 11.4. The fraction of sp³-hybridized carbons (Fsp3) is 0.462. The van der Waals surface area contributed by atoms with E-state index >= 15 is 0 Å². The first-order valence-corrected chi connectivity index (χ1v) is 12.5. The molecule has 35 heavy (non-hydrogen) atoms. The first kappa shape index (κ1) is 20.9. The van der Waals surface area contributed by atoms with E-state index in [4.69, 9.17) is 9.47 Å². The van der Waals surface area contributed by atoms with Gasteiger partial charge in [-0.05, 0) is 62.3 Å². The monoisotopic (exact) mass is 472 g/mol. The zero-order chi connectivity index (χ0) is 23.4. The molecule has 2 saturated heterocycles. The fourth-order valence-corrected chi connectivity index (χ4v) is 5.78. The third kappa shape index (κ3) is 3.93. The summed E-state index contributed by atoms with van der Waals surface area (Å²) in [5.41, 5.74) is 2.21. The summed E-state index contributed by atoms with van der Waals surface area (Å²) in [6.45, 7) is 0.999. The van der Waals surface area contributed by atoms with Gasteiger partial charge in [-0.15, -0.1) is 10.2 Å². The van der Waals surface area contributed by atoms with Crippen molar-refractivity contribution < 1.29 is 14.6 Å². The number of pyridine rings is 1. The van der Waals surface area contributed by atoms with E-state index in [1.165, 1.54) is 25.7 Å². The highest BCUT2D eigenvalue weighted by Gasteiger charge is 2.41. The van der Waals surface area contributed by atoms with Gasteiger partial charge in [-0.25, -0.2) is 9.97 Å². The lowest BCUT2D eigenvalue weighted by atomic mass is 9.98. The molecule has 9 heteroatoms. The number of hydrogen-bond donors (Lipinski definition) is 2. The number of rotatable bonds is 5. The highest BCUT2D eigenvalue weighted by atomic mass is 16.6. The minimum atomic E-state index is 0.0981. The third-order valence-corrected chi connectivity index (χ3v) is 7.57. The standard InChI is InChI=1S/C26H28N6O3/c33-22-9-15(16-10-23-26(28-13-16)35-8-7-34-23)1-6-21(22)25-27-14-24(30-31-25)32(19-4-5-19)20-11-17-2-3-18(12-20)29-17/h1,6,9-10,13-14,17-20,29,33H,2-5,7-8,11-12H2/t17-,18+,20-. The van der Waals surface area contributed by atoms with Crippen LogP contribution in [0.2, 0.25) is 0 Å². The quantitative estimate of drug-likeness (QED) is 0.578. The molecule has 3 atom stereocenters. The number of phenols is 1. The first-order chi connectivity index (χ1) is 17.2. The number of aromatic nitrogens is 4. The third-order valence-electron chi connectivity index (χ3n) is 7.57. The number of phenolic OH excluding ortho intramolecular Hbond substituents is 1. The normalized spacial score (nSPS) is 24.9. The summed E-state index contributed by atoms with van der Waals surface area (Å²) < 4.78 is 11.1. The van der Waals surface area contributed by atoms with Crippen molar-refractivity contribution in [1.29, 1.82) is 0 Å². The average molecular weight is 473 g/mol. The molecule has 1 aliphatic carbocycles. The largest absolute Gasteiger partial charge is 0.507 e. The van der Waals surface area contributed by atoms with Crippen LogP contribution in [0.4, 0.5) is 5.82 Å². The predicted octanol–water partition coefficient (Wildman–Crippen LogP) is 3.33. The summed E-state index contributed by atoms with van der Waals surface area (Å²) in [5.74, 6) is 2.47. The number of fused-ring (bicyclic) bond motifs is 3. The SMILES string of the molecule is Oc1cc(-c2cnc3c(c2)OCCO3)ccc1-c1ncc(N(C2CC2)[C@@H]2C[C@H]3CC[C@@H](C2)N3)nn1. The van der Waals surface area contributed by atoms with Crippen LogP contribution in [-0.2, 0) is 0 Å². The molecular formula is C26H28N6O3. The van der Waals surface area contributed by atoms with Gasteiger partial charge in [-0.1, -0.05) is 6.07 Å². The first-order valence-electron chi connectivity index (χ1n) is 12.5. The number of hydrogen-bond acceptors (Lipinski definition) is 9. The van der Waals surface area contributed by atoms with E-state index in [0.717, 1.165) is 29.8 Å². The molecule has 0 spiro atoms. The highest BCUT2D eigenvalue weighted by molar-refractivity contribution is 5.73. The van der Waals surface area contributed by atoms with Crippen LogP contribution in [-0.4, -0.2) is 62.7 Å². The summed E-state index contributed by atoms with van der Waals surface area (Å²) >= 11 is 0. The van der Waals surface area contributed by atoms with Crippen LogP contribution in [0.5, 0.6) is 17.4 Å². The van der Waals surface area contributed by atoms with E-state index in [2.05, 4.69) is 30.4 Å². The van der Waals surface area contributed by atoms with Gasteiger partial charge in [0.1, 0.15) is 19.0 Å². The second kappa shape index (κ2) is 8.34. The molecule has 3 fully saturated rings. The zero-order valence-corrected chi connectivity index (χ0v) is 19.4. The van der Waals surface area contributed by atoms with Crippen LogP contribution >= 0.6 is 0 Å². The van der Waals surface area contributed by atoms with E-state index in [9.17, 15) is 5.11 Å². The van der Waals surface area contributed by atoms with Crippen molar-refractivity contribution in [3.63, 3.8) is 0 Å². The number of ether oxygens (including phenoxy) is 2. The number of anilines is 1. The molecule has 0 radical (unpaired) electrons. The molecule has 1 saturated carbocycles. The molecule has 2 N–H and O–H groups in total. The Hall–Kier alpha value is -3.46. The van der Waals surface area contributed by atoms with Crippen LogP contribution in [0.25, 0.3) is 22.5 Å². The molecule has 3 aromatic rings. The average Bonchev–Trinajstić information content (AvgIpc) is 3.67. The summed E-state index contributed by atoms with van der Waals surface area (Å²) in [5, 5.41) is 23.5. The molecule has 2 aromatic heterocycles. The van der Waals surface area contributed by atoms with Gasteiger partial charge >= 0.3 is 0 Å². The number of benzene rings is 1. The van der Waals surface area contributed by atoms with Crippen LogP contribution < -0.4 is 19.7 Å². The van der Waals surface area contributed by atoms with Crippen LogP contribution in [0.3, 0.4) is 0 Å². The predicted molar refractivity (Wildman–Crippen MR) is 130 cm³/mol. The Bertz CT molecular complexity index is 1240. The maximum absolute atomic E-state index is 10.8. The lowest BCUT2D eigenvalue weighted by molar-refractivity contribution is 0.164. The summed E-state index contributed by atoms with van der Waals surface area (Å²) in [7, 11) is 0. The van der Waals surface area contributed by atoms with Crippen molar-refractivity contribution in [1.82, 2.24) is 25.5 Å². The number of nitrogens with one attached hydrogen (secondary N) is 1. The Morgan fingerprint density at radius 1 is 0.857 bits per heavy atom. The smallest absolute Gasteiger partial charge is 0.257 e. The number of nitrogens with zero attached hydrogens (tertiary/aromatic N) is 5. The van der Waals surface area contributed by atoms with Crippen molar-refractivity contribution in [2.45, 2.75) is 62.7 Å². The fourth-order valence-electron chi connectivity index (χ4n) is 5.78. The minimum Gasteiger partial charge on any atom is -0.507 e. The van der Waals surface area contributed by atoms with Gasteiger partial charge in [0.25, 0.3) is 5.88 Å². The molecule has 1 aromatic carbocycles. The van der Waals surface area contributed by atoms with E-state index in [1.54, 1.807) is 12.3 Å². The van der Waals surface area contributed by atoms with Crippen molar-refractivity contribution in [2.75, 3.05) is 18.1 Å². The Balaban J connectivity index is 1.13. The Kier molecular flexibility index (Phi) is 4.97. The molecule has 5 heterocycles. The molecule has 3 aliphatic heterocycles. The van der Waals surface area contributed by atoms with Gasteiger partial charge in [-0.2, -0.15) is 0 Å². The molecule has 9 nitrogen and oxygen atoms in total.